The first-order chi connectivity index (χ1) is 5.57. The lowest BCUT2D eigenvalue weighted by atomic mass is 10.1. The van der Waals surface area contributed by atoms with Crippen LogP contribution in [0.2, 0.25) is 0 Å². The molecule has 0 heterocycles. The smallest absolute Gasteiger partial charge is 0.306 e. The molecule has 2 nitrogen and oxygen atoms in total. The van der Waals surface area contributed by atoms with Crippen molar-refractivity contribution in [1.82, 2.24) is 0 Å². The Hall–Kier alpha value is -0.0500. The number of hydrogen-bond acceptors (Lipinski definition) is 2. The molecule has 0 aromatic carbocycles. The molecule has 0 N–H and O–H groups in total. The van der Waals surface area contributed by atoms with E-state index in [1.807, 2.05) is 20.8 Å². The second kappa shape index (κ2) is 6.46. The molecule has 0 saturated carbocycles. The lowest BCUT2D eigenvalue weighted by molar-refractivity contribution is -0.150. The van der Waals surface area contributed by atoms with Gasteiger partial charge in [0.05, 0.1) is 0 Å². The molecule has 12 heavy (non-hydrogen) atoms. The van der Waals surface area contributed by atoms with Gasteiger partial charge in [0.1, 0.15) is 6.10 Å². The maximum Gasteiger partial charge on any atom is 0.306 e. The molecule has 1 unspecified atom stereocenters. The molecule has 0 fully saturated rings. The lowest BCUT2D eigenvalue weighted by Crippen LogP contribution is -2.19. The van der Waals surface area contributed by atoms with Crippen LogP contribution in [0.1, 0.15) is 33.6 Å². The third-order valence-corrected chi connectivity index (χ3v) is 2.33. The SMILES string of the molecule is CC(C)C(C)OC(=O)CCCBr. The van der Waals surface area contributed by atoms with Crippen LogP contribution >= 0.6 is 15.9 Å². The Bertz CT molecular complexity index is 134. The summed E-state index contributed by atoms with van der Waals surface area (Å²) in [6.45, 7) is 6.02. The summed E-state index contributed by atoms with van der Waals surface area (Å²) in [7, 11) is 0. The van der Waals surface area contributed by atoms with E-state index in [-0.39, 0.29) is 12.1 Å². The van der Waals surface area contributed by atoms with Crippen LogP contribution in [0.3, 0.4) is 0 Å². The van der Waals surface area contributed by atoms with Crippen molar-refractivity contribution in [2.75, 3.05) is 5.33 Å². The van der Waals surface area contributed by atoms with Gasteiger partial charge in [0.25, 0.3) is 0 Å². The molecule has 0 radical (unpaired) electrons. The fraction of sp³-hybridized carbons (Fsp3) is 0.889. The number of alkyl halides is 1. The molecular formula is C9H17BrO2. The third kappa shape index (κ3) is 5.58. The minimum absolute atomic E-state index is 0.0350. The van der Waals surface area contributed by atoms with Crippen LogP contribution in [0.5, 0.6) is 0 Å². The van der Waals surface area contributed by atoms with Gasteiger partial charge in [-0.25, -0.2) is 0 Å². The predicted octanol–water partition coefficient (Wildman–Crippen LogP) is 2.75. The molecule has 0 bridgehead atoms. The van der Waals surface area contributed by atoms with Gasteiger partial charge < -0.3 is 4.74 Å². The van der Waals surface area contributed by atoms with Crippen molar-refractivity contribution in [3.8, 4) is 0 Å². The molecule has 0 amide bonds. The van der Waals surface area contributed by atoms with Gasteiger partial charge in [-0.15, -0.1) is 0 Å². The van der Waals surface area contributed by atoms with Crippen molar-refractivity contribution in [1.29, 1.82) is 0 Å². The second-order valence-electron chi connectivity index (χ2n) is 3.23. The maximum atomic E-state index is 11.1. The summed E-state index contributed by atoms with van der Waals surface area (Å²) in [5.74, 6) is 0.313. The molecule has 0 aromatic heterocycles. The summed E-state index contributed by atoms with van der Waals surface area (Å²) in [6, 6.07) is 0. The van der Waals surface area contributed by atoms with Crippen molar-refractivity contribution in [2.24, 2.45) is 5.92 Å². The zero-order valence-corrected chi connectivity index (χ0v) is 9.56. The highest BCUT2D eigenvalue weighted by atomic mass is 79.9. The van der Waals surface area contributed by atoms with Gasteiger partial charge >= 0.3 is 5.97 Å². The molecule has 0 aliphatic carbocycles. The summed E-state index contributed by atoms with van der Waals surface area (Å²) >= 11 is 3.27. The van der Waals surface area contributed by atoms with Gasteiger partial charge in [0.2, 0.25) is 0 Å². The zero-order chi connectivity index (χ0) is 9.56. The first kappa shape index (κ1) is 11.9. The van der Waals surface area contributed by atoms with Crippen LogP contribution in [0.15, 0.2) is 0 Å². The van der Waals surface area contributed by atoms with Crippen molar-refractivity contribution in [2.45, 2.75) is 39.7 Å². The molecule has 0 saturated heterocycles. The van der Waals surface area contributed by atoms with E-state index in [0.29, 0.717) is 12.3 Å². The van der Waals surface area contributed by atoms with E-state index in [2.05, 4.69) is 15.9 Å². The Morgan fingerprint density at radius 1 is 1.42 bits per heavy atom. The Morgan fingerprint density at radius 2 is 2.00 bits per heavy atom. The molecule has 1 atom stereocenters. The van der Waals surface area contributed by atoms with E-state index in [1.54, 1.807) is 0 Å². The van der Waals surface area contributed by atoms with Gasteiger partial charge in [-0.05, 0) is 19.3 Å². The summed E-state index contributed by atoms with van der Waals surface area (Å²) in [4.78, 5) is 11.1. The number of carbonyl (C=O) groups is 1. The number of carbonyl (C=O) groups excluding carboxylic acids is 1. The molecule has 0 aliphatic heterocycles. The van der Waals surface area contributed by atoms with Crippen LogP contribution in [0, 0.1) is 5.92 Å². The molecular weight excluding hydrogens is 220 g/mol. The van der Waals surface area contributed by atoms with Crippen molar-refractivity contribution in [3.63, 3.8) is 0 Å². The minimum atomic E-state index is -0.0874. The summed E-state index contributed by atoms with van der Waals surface area (Å²) in [5.41, 5.74) is 0. The number of rotatable bonds is 5. The third-order valence-electron chi connectivity index (χ3n) is 1.77. The van der Waals surface area contributed by atoms with E-state index in [9.17, 15) is 4.79 Å². The monoisotopic (exact) mass is 236 g/mol. The van der Waals surface area contributed by atoms with Crippen molar-refractivity contribution >= 4 is 21.9 Å². The number of esters is 1. The van der Waals surface area contributed by atoms with Gasteiger partial charge in [-0.2, -0.15) is 0 Å². The molecule has 0 rings (SSSR count). The minimum Gasteiger partial charge on any atom is -0.462 e. The van der Waals surface area contributed by atoms with E-state index in [0.717, 1.165) is 11.8 Å². The van der Waals surface area contributed by atoms with Crippen LogP contribution in [-0.2, 0) is 9.53 Å². The van der Waals surface area contributed by atoms with Gasteiger partial charge in [0.15, 0.2) is 0 Å². The highest BCUT2D eigenvalue weighted by molar-refractivity contribution is 9.09. The van der Waals surface area contributed by atoms with Gasteiger partial charge in [-0.1, -0.05) is 29.8 Å². The first-order valence-electron chi connectivity index (χ1n) is 4.33. The Labute approximate surface area is 82.8 Å². The normalized spacial score (nSPS) is 13.1. The number of hydrogen-bond donors (Lipinski definition) is 0. The van der Waals surface area contributed by atoms with Gasteiger partial charge in [0, 0.05) is 11.8 Å². The summed E-state index contributed by atoms with van der Waals surface area (Å²) in [5, 5.41) is 0.859. The highest BCUT2D eigenvalue weighted by Gasteiger charge is 2.11. The Morgan fingerprint density at radius 3 is 2.42 bits per heavy atom. The average Bonchev–Trinajstić information content (AvgIpc) is 2.00. The first-order valence-corrected chi connectivity index (χ1v) is 5.45. The average molecular weight is 237 g/mol. The number of halogens is 1. The van der Waals surface area contributed by atoms with Gasteiger partial charge in [-0.3, -0.25) is 4.79 Å². The highest BCUT2D eigenvalue weighted by Crippen LogP contribution is 2.07. The summed E-state index contributed by atoms with van der Waals surface area (Å²) < 4.78 is 5.15. The lowest BCUT2D eigenvalue weighted by Gasteiger charge is -2.16. The van der Waals surface area contributed by atoms with Crippen molar-refractivity contribution < 1.29 is 9.53 Å². The molecule has 0 spiro atoms. The van der Waals surface area contributed by atoms with Crippen LogP contribution in [-0.4, -0.2) is 17.4 Å². The number of ether oxygens (including phenoxy) is 1. The zero-order valence-electron chi connectivity index (χ0n) is 7.97. The molecule has 0 aliphatic rings. The standard InChI is InChI=1S/C9H17BrO2/c1-7(2)8(3)12-9(11)5-4-6-10/h7-8H,4-6H2,1-3H3. The van der Waals surface area contributed by atoms with E-state index in [4.69, 9.17) is 4.74 Å². The molecule has 3 heteroatoms. The molecule has 0 aromatic rings. The van der Waals surface area contributed by atoms with Crippen LogP contribution in [0.4, 0.5) is 0 Å². The second-order valence-corrected chi connectivity index (χ2v) is 4.02. The topological polar surface area (TPSA) is 26.3 Å². The van der Waals surface area contributed by atoms with E-state index in [1.165, 1.54) is 0 Å². The van der Waals surface area contributed by atoms with E-state index < -0.39 is 0 Å². The van der Waals surface area contributed by atoms with E-state index >= 15 is 0 Å². The maximum absolute atomic E-state index is 11.1. The van der Waals surface area contributed by atoms with Crippen LogP contribution in [0.25, 0.3) is 0 Å². The molecule has 72 valence electrons. The fourth-order valence-electron chi connectivity index (χ4n) is 0.613. The van der Waals surface area contributed by atoms with Crippen LogP contribution < -0.4 is 0 Å². The fourth-order valence-corrected chi connectivity index (χ4v) is 0.894. The Balaban J connectivity index is 3.54. The Kier molecular flexibility index (Phi) is 6.44. The quantitative estimate of drug-likeness (QED) is 0.542. The largest absolute Gasteiger partial charge is 0.462 e. The summed E-state index contributed by atoms with van der Waals surface area (Å²) in [6.07, 6.45) is 1.40. The van der Waals surface area contributed by atoms with Crippen molar-refractivity contribution in [3.05, 3.63) is 0 Å². The predicted molar refractivity (Wildman–Crippen MR) is 53.4 cm³/mol.